The molecule has 0 aliphatic carbocycles. The molecule has 98 valence electrons. The molecule has 0 aromatic carbocycles. The Balaban J connectivity index is 3.35. The molecule has 1 aromatic heterocycles. The summed E-state index contributed by atoms with van der Waals surface area (Å²) in [7, 11) is 0. The highest BCUT2D eigenvalue weighted by Crippen LogP contribution is 2.12. The fourth-order valence-corrected chi connectivity index (χ4v) is 1.37. The average molecular weight is 258 g/mol. The first-order valence-corrected chi connectivity index (χ1v) is 4.82. The second-order valence-electron chi connectivity index (χ2n) is 3.55. The van der Waals surface area contributed by atoms with Gasteiger partial charge in [-0.15, -0.1) is 0 Å². The molecule has 1 aromatic rings. The highest BCUT2D eigenvalue weighted by Gasteiger charge is 2.57. The summed E-state index contributed by atoms with van der Waals surface area (Å²) in [5, 5.41) is 45.6. The summed E-state index contributed by atoms with van der Waals surface area (Å²) in [6.07, 6.45) is -0.464. The lowest BCUT2D eigenvalue weighted by atomic mass is 10.1. The van der Waals surface area contributed by atoms with E-state index in [0.29, 0.717) is 4.57 Å². The predicted molar refractivity (Wildman–Crippen MR) is 54.0 cm³/mol. The average Bonchev–Trinajstić information content (AvgIpc) is 2.36. The van der Waals surface area contributed by atoms with Crippen molar-refractivity contribution in [1.29, 1.82) is 0 Å². The van der Waals surface area contributed by atoms with E-state index < -0.39 is 30.4 Å². The fraction of sp³-hybridized carbons (Fsp3) is 0.300. The van der Waals surface area contributed by atoms with E-state index in [1.54, 1.807) is 0 Å². The smallest absolute Gasteiger partial charge is 0.410 e. The summed E-state index contributed by atoms with van der Waals surface area (Å²) in [4.78, 5) is 21.7. The van der Waals surface area contributed by atoms with Gasteiger partial charge in [0, 0.05) is 11.6 Å². The summed E-state index contributed by atoms with van der Waals surface area (Å²) in [6, 6.07) is 2.74. The van der Waals surface area contributed by atoms with Crippen LogP contribution < -0.4 is 4.57 Å². The van der Waals surface area contributed by atoms with Gasteiger partial charge in [0.25, 0.3) is 6.10 Å². The molecule has 2 unspecified atom stereocenters. The van der Waals surface area contributed by atoms with E-state index in [-0.39, 0.29) is 5.56 Å². The normalized spacial score (nSPS) is 15.7. The first kappa shape index (κ1) is 14.0. The van der Waals surface area contributed by atoms with Crippen LogP contribution in [0.25, 0.3) is 0 Å². The van der Waals surface area contributed by atoms with Gasteiger partial charge in [0.05, 0.1) is 6.61 Å². The lowest BCUT2D eigenvalue weighted by Crippen LogP contribution is -2.69. The molecule has 0 aliphatic rings. The van der Waals surface area contributed by atoms with Crippen molar-refractivity contribution in [3.05, 3.63) is 30.1 Å². The van der Waals surface area contributed by atoms with Gasteiger partial charge in [-0.25, -0.2) is 9.59 Å². The first-order valence-electron chi connectivity index (χ1n) is 4.82. The number of carboxylic acids is 2. The molecular formula is C10H12NO7+. The van der Waals surface area contributed by atoms with Crippen LogP contribution in [0.15, 0.2) is 24.5 Å². The van der Waals surface area contributed by atoms with Crippen LogP contribution in [0.3, 0.4) is 0 Å². The van der Waals surface area contributed by atoms with Gasteiger partial charge in [0.2, 0.25) is 0 Å². The van der Waals surface area contributed by atoms with Crippen LogP contribution in [-0.2, 0) is 21.9 Å². The second-order valence-corrected chi connectivity index (χ2v) is 3.55. The fourth-order valence-electron chi connectivity index (χ4n) is 1.37. The first-order chi connectivity index (χ1) is 8.33. The Morgan fingerprint density at radius 3 is 2.44 bits per heavy atom. The third kappa shape index (κ3) is 2.30. The molecule has 0 bridgehead atoms. The topological polar surface area (TPSA) is 139 Å². The van der Waals surface area contributed by atoms with Gasteiger partial charge in [-0.05, 0) is 6.07 Å². The maximum atomic E-state index is 11.0. The zero-order valence-corrected chi connectivity index (χ0v) is 9.09. The van der Waals surface area contributed by atoms with Crippen LogP contribution in [0, 0.1) is 0 Å². The molecule has 0 aliphatic heterocycles. The van der Waals surface area contributed by atoms with Gasteiger partial charge in [-0.1, -0.05) is 0 Å². The second kappa shape index (κ2) is 5.08. The molecule has 0 radical (unpaired) electrons. The molecule has 0 spiro atoms. The van der Waals surface area contributed by atoms with Crippen LogP contribution in [-0.4, -0.2) is 43.6 Å². The van der Waals surface area contributed by atoms with Crippen molar-refractivity contribution in [2.45, 2.75) is 18.4 Å². The largest absolute Gasteiger partial charge is 0.479 e. The number of carbonyl (C=O) groups is 2. The number of pyridine rings is 1. The molecule has 1 rings (SSSR count). The Morgan fingerprint density at radius 1 is 1.39 bits per heavy atom. The Hall–Kier alpha value is -2.03. The van der Waals surface area contributed by atoms with E-state index in [0.717, 1.165) is 12.4 Å². The van der Waals surface area contributed by atoms with Crippen LogP contribution in [0.2, 0.25) is 0 Å². The molecule has 5 N–H and O–H groups in total. The quantitative estimate of drug-likeness (QED) is 0.372. The Bertz CT molecular complexity index is 475. The highest BCUT2D eigenvalue weighted by molar-refractivity contribution is 5.83. The highest BCUT2D eigenvalue weighted by atomic mass is 16.5. The molecule has 8 heteroatoms. The Morgan fingerprint density at radius 2 is 2.00 bits per heavy atom. The molecule has 0 saturated heterocycles. The van der Waals surface area contributed by atoms with Gasteiger partial charge in [-0.3, -0.25) is 0 Å². The third-order valence-corrected chi connectivity index (χ3v) is 2.37. The Labute approximate surface area is 101 Å². The van der Waals surface area contributed by atoms with Crippen molar-refractivity contribution in [3.63, 3.8) is 0 Å². The van der Waals surface area contributed by atoms with Crippen molar-refractivity contribution in [1.82, 2.24) is 0 Å². The number of nitrogens with zero attached hydrogens (tertiary/aromatic N) is 1. The molecule has 0 fully saturated rings. The van der Waals surface area contributed by atoms with Crippen LogP contribution in [0.5, 0.6) is 0 Å². The number of carboxylic acid groups (broad SMARTS) is 2. The lowest BCUT2D eigenvalue weighted by molar-refractivity contribution is -0.797. The maximum absolute atomic E-state index is 11.0. The minimum absolute atomic E-state index is 0.245. The van der Waals surface area contributed by atoms with Crippen LogP contribution >= 0.6 is 0 Å². The van der Waals surface area contributed by atoms with Crippen molar-refractivity contribution in [2.24, 2.45) is 0 Å². The number of aliphatic hydroxyl groups is 3. The predicted octanol–water partition coefficient (Wildman–Crippen LogP) is -2.36. The van der Waals surface area contributed by atoms with Gasteiger partial charge in [0.1, 0.15) is 0 Å². The van der Waals surface area contributed by atoms with Crippen LogP contribution in [0.4, 0.5) is 0 Å². The van der Waals surface area contributed by atoms with Crippen molar-refractivity contribution in [2.75, 3.05) is 0 Å². The van der Waals surface area contributed by atoms with Gasteiger partial charge in [-0.2, -0.15) is 4.57 Å². The zero-order valence-electron chi connectivity index (χ0n) is 9.09. The number of rotatable bonds is 5. The zero-order chi connectivity index (χ0) is 13.9. The molecule has 8 nitrogen and oxygen atoms in total. The van der Waals surface area contributed by atoms with E-state index in [1.165, 1.54) is 12.1 Å². The van der Waals surface area contributed by atoms with E-state index >= 15 is 0 Å². The van der Waals surface area contributed by atoms with E-state index in [1.807, 2.05) is 0 Å². The molecule has 2 atom stereocenters. The van der Waals surface area contributed by atoms with Crippen molar-refractivity contribution in [3.8, 4) is 0 Å². The summed E-state index contributed by atoms with van der Waals surface area (Å²) < 4.78 is 0.611. The van der Waals surface area contributed by atoms with Crippen molar-refractivity contribution >= 4 is 11.9 Å². The third-order valence-electron chi connectivity index (χ3n) is 2.37. The van der Waals surface area contributed by atoms with Gasteiger partial charge < -0.3 is 25.5 Å². The molecular weight excluding hydrogens is 246 g/mol. The number of aliphatic carboxylic acids is 2. The van der Waals surface area contributed by atoms with E-state index in [2.05, 4.69) is 0 Å². The number of hydrogen-bond donors (Lipinski definition) is 5. The summed E-state index contributed by atoms with van der Waals surface area (Å²) in [6.45, 7) is -0.431. The lowest BCUT2D eigenvalue weighted by Gasteiger charge is -2.20. The number of hydrogen-bond acceptors (Lipinski definition) is 5. The minimum atomic E-state index is -3.06. The van der Waals surface area contributed by atoms with Gasteiger partial charge in [0.15, 0.2) is 12.4 Å². The Kier molecular flexibility index (Phi) is 3.96. The van der Waals surface area contributed by atoms with Gasteiger partial charge >= 0.3 is 17.7 Å². The minimum Gasteiger partial charge on any atom is -0.479 e. The van der Waals surface area contributed by atoms with E-state index in [4.69, 9.17) is 15.3 Å². The molecule has 1 heterocycles. The number of aromatic nitrogens is 1. The van der Waals surface area contributed by atoms with E-state index in [9.17, 15) is 19.8 Å². The monoisotopic (exact) mass is 258 g/mol. The van der Waals surface area contributed by atoms with Crippen LogP contribution in [0.1, 0.15) is 5.56 Å². The maximum Gasteiger partial charge on any atom is 0.410 e. The SMILES string of the molecule is O=C(O)C(O)C(O)(C(=O)O)[n+]1cccc(CO)c1. The summed E-state index contributed by atoms with van der Waals surface area (Å²) in [5.74, 6) is -3.82. The number of aliphatic hydroxyl groups excluding tert-OH is 2. The summed E-state index contributed by atoms with van der Waals surface area (Å²) in [5.41, 5.74) is -2.81. The summed E-state index contributed by atoms with van der Waals surface area (Å²) >= 11 is 0. The molecule has 18 heavy (non-hydrogen) atoms. The standard InChI is InChI=1S/C10H11NO7/c12-5-6-2-1-3-11(4-6)10(18,9(16)17)7(13)8(14)15/h1-4,7,12-13,18H,5H2,(H-,14,15,16,17)/p+1. The van der Waals surface area contributed by atoms with Crippen molar-refractivity contribution < 1.29 is 39.7 Å². The molecule has 0 amide bonds. The molecule has 0 saturated carbocycles.